The zero-order valence-electron chi connectivity index (χ0n) is 11.6. The molecule has 0 aliphatic heterocycles. The zero-order valence-corrected chi connectivity index (χ0v) is 12.4. The van der Waals surface area contributed by atoms with Crippen molar-refractivity contribution >= 4 is 23.2 Å². The molecule has 2 rings (SSSR count). The van der Waals surface area contributed by atoms with Crippen LogP contribution in [0.1, 0.15) is 21.5 Å². The van der Waals surface area contributed by atoms with E-state index in [4.69, 9.17) is 21.6 Å². The second-order valence-corrected chi connectivity index (χ2v) is 4.76. The Balaban J connectivity index is 2.41. The van der Waals surface area contributed by atoms with Crippen LogP contribution in [-0.4, -0.2) is 13.0 Å². The van der Waals surface area contributed by atoms with E-state index in [-0.39, 0.29) is 5.91 Å². The Hall–Kier alpha value is -2.51. The predicted molar refractivity (Wildman–Crippen MR) is 81.9 cm³/mol. The number of anilines is 1. The number of benzene rings is 2. The van der Waals surface area contributed by atoms with E-state index < -0.39 is 0 Å². The topological polar surface area (TPSA) is 62.1 Å². The van der Waals surface area contributed by atoms with Gasteiger partial charge in [0.05, 0.1) is 23.3 Å². The molecule has 0 spiro atoms. The number of nitrogens with one attached hydrogen (secondary N) is 1. The smallest absolute Gasteiger partial charge is 0.257 e. The van der Waals surface area contributed by atoms with Gasteiger partial charge in [0.2, 0.25) is 0 Å². The molecule has 0 aliphatic carbocycles. The van der Waals surface area contributed by atoms with E-state index in [1.54, 1.807) is 30.3 Å². The van der Waals surface area contributed by atoms with Crippen molar-refractivity contribution in [1.29, 1.82) is 5.26 Å². The number of ether oxygens (including phenoxy) is 1. The number of aryl methyl sites for hydroxylation is 1. The van der Waals surface area contributed by atoms with Crippen LogP contribution in [0.5, 0.6) is 5.75 Å². The van der Waals surface area contributed by atoms with E-state index in [9.17, 15) is 4.79 Å². The van der Waals surface area contributed by atoms with Crippen LogP contribution >= 0.6 is 11.6 Å². The number of hydrogen-bond acceptors (Lipinski definition) is 3. The number of halogens is 1. The van der Waals surface area contributed by atoms with Gasteiger partial charge in [0.15, 0.2) is 0 Å². The number of para-hydroxylation sites is 1. The molecule has 0 fully saturated rings. The summed E-state index contributed by atoms with van der Waals surface area (Å²) < 4.78 is 5.18. The fourth-order valence-corrected chi connectivity index (χ4v) is 2.14. The van der Waals surface area contributed by atoms with Crippen molar-refractivity contribution in [3.63, 3.8) is 0 Å². The first-order valence-electron chi connectivity index (χ1n) is 6.22. The molecule has 0 atom stereocenters. The number of methoxy groups -OCH3 is 1. The number of hydrogen-bond donors (Lipinski definition) is 1. The Kier molecular flexibility index (Phi) is 4.46. The molecule has 0 aromatic heterocycles. The summed E-state index contributed by atoms with van der Waals surface area (Å²) in [5.74, 6) is 0.0378. The second-order valence-electron chi connectivity index (χ2n) is 4.39. The van der Waals surface area contributed by atoms with Gasteiger partial charge in [-0.05, 0) is 30.7 Å². The summed E-state index contributed by atoms with van der Waals surface area (Å²) in [5.41, 5.74) is 1.83. The van der Waals surface area contributed by atoms with Gasteiger partial charge in [0.25, 0.3) is 5.91 Å². The first-order chi connectivity index (χ1) is 10.1. The van der Waals surface area contributed by atoms with Crippen LogP contribution < -0.4 is 10.1 Å². The molecule has 1 amide bonds. The molecule has 0 bridgehead atoms. The number of rotatable bonds is 3. The Labute approximate surface area is 127 Å². The minimum absolute atomic E-state index is 0.325. The molecule has 5 heteroatoms. The highest BCUT2D eigenvalue weighted by Crippen LogP contribution is 2.29. The van der Waals surface area contributed by atoms with E-state index in [2.05, 4.69) is 5.32 Å². The Bertz CT molecular complexity index is 736. The monoisotopic (exact) mass is 300 g/mol. The Morgan fingerprint density at radius 3 is 2.67 bits per heavy atom. The second kappa shape index (κ2) is 6.29. The molecule has 2 aromatic rings. The molecule has 0 heterocycles. The highest BCUT2D eigenvalue weighted by Gasteiger charge is 2.16. The molecule has 106 valence electrons. The molecule has 21 heavy (non-hydrogen) atoms. The van der Waals surface area contributed by atoms with Crippen LogP contribution in [0.25, 0.3) is 0 Å². The molecular formula is C16H13ClN2O2. The van der Waals surface area contributed by atoms with Crippen molar-refractivity contribution in [1.82, 2.24) is 0 Å². The molecule has 0 unspecified atom stereocenters. The molecular weight excluding hydrogens is 288 g/mol. The van der Waals surface area contributed by atoms with Crippen LogP contribution in [0.3, 0.4) is 0 Å². The standard InChI is InChI=1S/C16H13ClN2O2/c1-10-5-3-7-12(14(10)17)16(20)19-15-11(9-18)6-4-8-13(15)21-2/h3-8H,1-2H3,(H,19,20). The minimum atomic E-state index is -0.385. The average Bonchev–Trinajstić information content (AvgIpc) is 2.50. The third-order valence-electron chi connectivity index (χ3n) is 3.04. The molecule has 4 nitrogen and oxygen atoms in total. The van der Waals surface area contributed by atoms with Crippen molar-refractivity contribution < 1.29 is 9.53 Å². The van der Waals surface area contributed by atoms with Crippen molar-refractivity contribution in [2.24, 2.45) is 0 Å². The number of carbonyl (C=O) groups is 1. The highest BCUT2D eigenvalue weighted by molar-refractivity contribution is 6.35. The normalized spacial score (nSPS) is 9.81. The molecule has 0 radical (unpaired) electrons. The zero-order chi connectivity index (χ0) is 15.4. The lowest BCUT2D eigenvalue weighted by Gasteiger charge is -2.12. The molecule has 0 saturated heterocycles. The Morgan fingerprint density at radius 1 is 1.29 bits per heavy atom. The van der Waals surface area contributed by atoms with E-state index in [1.165, 1.54) is 7.11 Å². The van der Waals surface area contributed by atoms with E-state index >= 15 is 0 Å². The van der Waals surface area contributed by atoms with Crippen LogP contribution in [0.4, 0.5) is 5.69 Å². The van der Waals surface area contributed by atoms with Gasteiger partial charge in [-0.3, -0.25) is 4.79 Å². The minimum Gasteiger partial charge on any atom is -0.495 e. The summed E-state index contributed by atoms with van der Waals surface area (Å²) in [6.07, 6.45) is 0. The van der Waals surface area contributed by atoms with Gasteiger partial charge in [0, 0.05) is 0 Å². The van der Waals surface area contributed by atoms with Gasteiger partial charge in [-0.15, -0.1) is 0 Å². The van der Waals surface area contributed by atoms with Crippen molar-refractivity contribution in [2.75, 3.05) is 12.4 Å². The number of nitriles is 1. The lowest BCUT2D eigenvalue weighted by atomic mass is 10.1. The molecule has 0 aliphatic rings. The molecule has 1 N–H and O–H groups in total. The quantitative estimate of drug-likeness (QED) is 0.938. The van der Waals surface area contributed by atoms with Gasteiger partial charge in [-0.1, -0.05) is 29.8 Å². The summed E-state index contributed by atoms with van der Waals surface area (Å²) in [5, 5.41) is 12.2. The van der Waals surface area contributed by atoms with Crippen molar-refractivity contribution in [2.45, 2.75) is 6.92 Å². The van der Waals surface area contributed by atoms with Crippen LogP contribution in [0.15, 0.2) is 36.4 Å². The third-order valence-corrected chi connectivity index (χ3v) is 3.54. The van der Waals surface area contributed by atoms with Crippen LogP contribution in [0.2, 0.25) is 5.02 Å². The van der Waals surface area contributed by atoms with E-state index in [0.717, 1.165) is 5.56 Å². The first kappa shape index (κ1) is 14.9. The highest BCUT2D eigenvalue weighted by atomic mass is 35.5. The average molecular weight is 301 g/mol. The van der Waals surface area contributed by atoms with Crippen molar-refractivity contribution in [3.8, 4) is 11.8 Å². The third kappa shape index (κ3) is 2.99. The summed E-state index contributed by atoms with van der Waals surface area (Å²) in [6.45, 7) is 1.82. The molecule has 2 aromatic carbocycles. The summed E-state index contributed by atoms with van der Waals surface area (Å²) in [6, 6.07) is 12.2. The summed E-state index contributed by atoms with van der Waals surface area (Å²) >= 11 is 6.14. The van der Waals surface area contributed by atoms with Crippen molar-refractivity contribution in [3.05, 3.63) is 58.1 Å². The van der Waals surface area contributed by atoms with Gasteiger partial charge < -0.3 is 10.1 Å². The van der Waals surface area contributed by atoms with E-state index in [1.807, 2.05) is 19.1 Å². The fourth-order valence-electron chi connectivity index (χ4n) is 1.93. The summed E-state index contributed by atoms with van der Waals surface area (Å²) in [4.78, 5) is 12.4. The SMILES string of the molecule is COc1cccc(C#N)c1NC(=O)c1cccc(C)c1Cl. The maximum absolute atomic E-state index is 12.4. The number of carbonyl (C=O) groups excluding carboxylic acids is 1. The van der Waals surface area contributed by atoms with Gasteiger partial charge in [0.1, 0.15) is 17.5 Å². The van der Waals surface area contributed by atoms with Crippen LogP contribution in [-0.2, 0) is 0 Å². The lowest BCUT2D eigenvalue weighted by molar-refractivity contribution is 0.102. The van der Waals surface area contributed by atoms with E-state index in [0.29, 0.717) is 27.6 Å². The number of amides is 1. The van der Waals surface area contributed by atoms with Gasteiger partial charge in [-0.25, -0.2) is 0 Å². The lowest BCUT2D eigenvalue weighted by Crippen LogP contribution is -2.14. The maximum atomic E-state index is 12.4. The first-order valence-corrected chi connectivity index (χ1v) is 6.60. The fraction of sp³-hybridized carbons (Fsp3) is 0.125. The maximum Gasteiger partial charge on any atom is 0.257 e. The summed E-state index contributed by atoms with van der Waals surface area (Å²) in [7, 11) is 1.48. The largest absolute Gasteiger partial charge is 0.495 e. The van der Waals surface area contributed by atoms with Gasteiger partial charge in [-0.2, -0.15) is 5.26 Å². The predicted octanol–water partition coefficient (Wildman–Crippen LogP) is 3.78. The number of nitrogens with zero attached hydrogens (tertiary/aromatic N) is 1. The molecule has 0 saturated carbocycles. The van der Waals surface area contributed by atoms with Gasteiger partial charge >= 0.3 is 0 Å². The Morgan fingerprint density at radius 2 is 2.00 bits per heavy atom. The van der Waals surface area contributed by atoms with Crippen LogP contribution in [0, 0.1) is 18.3 Å².